The molecule has 1 saturated carbocycles. The molecule has 62 valence electrons. The van der Waals surface area contributed by atoms with Crippen molar-refractivity contribution in [3.8, 4) is 0 Å². The molecule has 0 aliphatic heterocycles. The Labute approximate surface area is 66.2 Å². The van der Waals surface area contributed by atoms with Gasteiger partial charge in [-0.1, -0.05) is 6.08 Å². The monoisotopic (exact) mass is 156 g/mol. The topological polar surface area (TPSA) is 53.9 Å². The molecule has 0 aromatic heterocycles. The SMILES string of the molecule is C=CC1CC1([NH3+])C(=O)OCC. The molecule has 1 fully saturated rings. The van der Waals surface area contributed by atoms with Crippen LogP contribution < -0.4 is 5.73 Å². The van der Waals surface area contributed by atoms with Crippen LogP contribution in [0.1, 0.15) is 13.3 Å². The first kappa shape index (κ1) is 8.27. The van der Waals surface area contributed by atoms with Crippen molar-refractivity contribution >= 4 is 5.97 Å². The zero-order chi connectivity index (χ0) is 8.48. The summed E-state index contributed by atoms with van der Waals surface area (Å²) in [7, 11) is 0. The first-order valence-electron chi connectivity index (χ1n) is 3.80. The number of carbonyl (C=O) groups is 1. The van der Waals surface area contributed by atoms with Crippen molar-refractivity contribution in [1.82, 2.24) is 0 Å². The molecule has 0 spiro atoms. The fraction of sp³-hybridized carbons (Fsp3) is 0.625. The van der Waals surface area contributed by atoms with Crippen molar-refractivity contribution in [2.45, 2.75) is 18.9 Å². The summed E-state index contributed by atoms with van der Waals surface area (Å²) in [6, 6.07) is 0. The van der Waals surface area contributed by atoms with Crippen LogP contribution in [0.4, 0.5) is 0 Å². The van der Waals surface area contributed by atoms with Crippen LogP contribution >= 0.6 is 0 Å². The van der Waals surface area contributed by atoms with Gasteiger partial charge < -0.3 is 10.5 Å². The molecule has 1 aliphatic rings. The van der Waals surface area contributed by atoms with Crippen molar-refractivity contribution < 1.29 is 15.3 Å². The summed E-state index contributed by atoms with van der Waals surface area (Å²) < 4.78 is 4.85. The van der Waals surface area contributed by atoms with E-state index >= 15 is 0 Å². The fourth-order valence-corrected chi connectivity index (χ4v) is 1.15. The van der Waals surface area contributed by atoms with Crippen molar-refractivity contribution in [2.24, 2.45) is 5.92 Å². The summed E-state index contributed by atoms with van der Waals surface area (Å²) in [5.74, 6) is 0.0338. The molecule has 3 nitrogen and oxygen atoms in total. The van der Waals surface area contributed by atoms with Gasteiger partial charge in [-0.25, -0.2) is 4.79 Å². The predicted molar refractivity (Wildman–Crippen MR) is 40.6 cm³/mol. The van der Waals surface area contributed by atoms with E-state index in [1.54, 1.807) is 13.0 Å². The molecule has 3 heteroatoms. The smallest absolute Gasteiger partial charge is 0.368 e. The summed E-state index contributed by atoms with van der Waals surface area (Å²) >= 11 is 0. The van der Waals surface area contributed by atoms with Gasteiger partial charge in [-0.05, 0) is 6.92 Å². The van der Waals surface area contributed by atoms with Gasteiger partial charge in [0.1, 0.15) is 0 Å². The lowest BCUT2D eigenvalue weighted by Gasteiger charge is -2.04. The molecule has 3 N–H and O–H groups in total. The Kier molecular flexibility index (Phi) is 2.00. The highest BCUT2D eigenvalue weighted by Gasteiger charge is 2.61. The molecule has 1 aliphatic carbocycles. The largest absolute Gasteiger partial charge is 0.461 e. The summed E-state index contributed by atoms with van der Waals surface area (Å²) in [5.41, 5.74) is 3.30. The third kappa shape index (κ3) is 1.28. The number of esters is 1. The van der Waals surface area contributed by atoms with Crippen LogP contribution in [0.25, 0.3) is 0 Å². The quantitative estimate of drug-likeness (QED) is 0.452. The summed E-state index contributed by atoms with van der Waals surface area (Å²) in [5, 5.41) is 0. The van der Waals surface area contributed by atoms with Gasteiger partial charge in [0.2, 0.25) is 0 Å². The Morgan fingerprint density at radius 3 is 3.00 bits per heavy atom. The molecule has 1 rings (SSSR count). The molecular weight excluding hydrogens is 142 g/mol. The lowest BCUT2D eigenvalue weighted by Crippen LogP contribution is -2.69. The minimum atomic E-state index is -0.502. The summed E-state index contributed by atoms with van der Waals surface area (Å²) in [6.45, 7) is 5.84. The second-order valence-electron chi connectivity index (χ2n) is 2.92. The number of hydrogen-bond donors (Lipinski definition) is 1. The normalized spacial score (nSPS) is 34.5. The number of quaternary nitrogens is 1. The van der Waals surface area contributed by atoms with Gasteiger partial charge in [-0.2, -0.15) is 0 Å². The number of rotatable bonds is 3. The Morgan fingerprint density at radius 1 is 2.00 bits per heavy atom. The minimum absolute atomic E-state index is 0.190. The van der Waals surface area contributed by atoms with E-state index in [0.717, 1.165) is 6.42 Å². The van der Waals surface area contributed by atoms with E-state index in [-0.39, 0.29) is 11.9 Å². The average Bonchev–Trinajstić information content (AvgIpc) is 2.64. The zero-order valence-corrected chi connectivity index (χ0v) is 6.80. The number of hydrogen-bond acceptors (Lipinski definition) is 2. The molecule has 0 bridgehead atoms. The first-order chi connectivity index (χ1) is 5.15. The highest BCUT2D eigenvalue weighted by atomic mass is 16.5. The van der Waals surface area contributed by atoms with E-state index < -0.39 is 5.54 Å². The maximum Gasteiger partial charge on any atom is 0.368 e. The molecule has 0 aromatic carbocycles. The molecular formula is C8H14NO2+. The van der Waals surface area contributed by atoms with E-state index in [2.05, 4.69) is 12.3 Å². The van der Waals surface area contributed by atoms with Crippen LogP contribution in [0.3, 0.4) is 0 Å². The van der Waals surface area contributed by atoms with E-state index in [9.17, 15) is 4.79 Å². The van der Waals surface area contributed by atoms with E-state index in [4.69, 9.17) is 4.74 Å². The molecule has 2 unspecified atom stereocenters. The molecule has 2 atom stereocenters. The van der Waals surface area contributed by atoms with Gasteiger partial charge in [0, 0.05) is 12.3 Å². The van der Waals surface area contributed by atoms with Crippen molar-refractivity contribution in [2.75, 3.05) is 6.61 Å². The van der Waals surface area contributed by atoms with Crippen LogP contribution in [-0.2, 0) is 9.53 Å². The number of carbonyl (C=O) groups excluding carboxylic acids is 1. The molecule has 0 aromatic rings. The molecule has 11 heavy (non-hydrogen) atoms. The predicted octanol–water partition coefficient (Wildman–Crippen LogP) is -0.264. The highest BCUT2D eigenvalue weighted by molar-refractivity contribution is 5.83. The van der Waals surface area contributed by atoms with Crippen LogP contribution in [-0.4, -0.2) is 18.1 Å². The minimum Gasteiger partial charge on any atom is -0.461 e. The van der Waals surface area contributed by atoms with E-state index in [1.807, 2.05) is 0 Å². The molecule has 0 amide bonds. The summed E-state index contributed by atoms with van der Waals surface area (Å²) in [6.07, 6.45) is 2.55. The van der Waals surface area contributed by atoms with E-state index in [0.29, 0.717) is 6.61 Å². The highest BCUT2D eigenvalue weighted by Crippen LogP contribution is 2.40. The van der Waals surface area contributed by atoms with Gasteiger partial charge in [0.05, 0.1) is 6.61 Å². The third-order valence-corrected chi connectivity index (χ3v) is 2.10. The van der Waals surface area contributed by atoms with Crippen LogP contribution in [0, 0.1) is 5.92 Å². The maximum atomic E-state index is 11.2. The molecule has 0 saturated heterocycles. The van der Waals surface area contributed by atoms with Gasteiger partial charge in [0.15, 0.2) is 5.54 Å². The van der Waals surface area contributed by atoms with Gasteiger partial charge in [-0.3, -0.25) is 0 Å². The molecule has 0 heterocycles. The fourth-order valence-electron chi connectivity index (χ4n) is 1.15. The Balaban J connectivity index is 2.49. The van der Waals surface area contributed by atoms with Crippen LogP contribution in [0.5, 0.6) is 0 Å². The van der Waals surface area contributed by atoms with Gasteiger partial charge in [-0.15, -0.1) is 6.58 Å². The van der Waals surface area contributed by atoms with Crippen LogP contribution in [0.2, 0.25) is 0 Å². The Hall–Kier alpha value is -0.830. The third-order valence-electron chi connectivity index (χ3n) is 2.10. The van der Waals surface area contributed by atoms with Gasteiger partial charge in [0.25, 0.3) is 0 Å². The maximum absolute atomic E-state index is 11.2. The lowest BCUT2D eigenvalue weighted by atomic mass is 10.2. The molecule has 0 radical (unpaired) electrons. The van der Waals surface area contributed by atoms with Gasteiger partial charge >= 0.3 is 5.97 Å². The second kappa shape index (κ2) is 2.66. The number of ether oxygens (including phenoxy) is 1. The van der Waals surface area contributed by atoms with Crippen LogP contribution in [0.15, 0.2) is 12.7 Å². The lowest BCUT2D eigenvalue weighted by molar-refractivity contribution is -0.428. The standard InChI is InChI=1S/C8H13NO2/c1-3-6-5-8(6,9)7(10)11-4-2/h3,6H,1,4-5,9H2,2H3/p+1. The average molecular weight is 156 g/mol. The summed E-state index contributed by atoms with van der Waals surface area (Å²) in [4.78, 5) is 11.2. The first-order valence-corrected chi connectivity index (χ1v) is 3.80. The zero-order valence-electron chi connectivity index (χ0n) is 6.80. The second-order valence-corrected chi connectivity index (χ2v) is 2.92. The Morgan fingerprint density at radius 2 is 2.64 bits per heavy atom. The van der Waals surface area contributed by atoms with Crippen molar-refractivity contribution in [3.63, 3.8) is 0 Å². The van der Waals surface area contributed by atoms with Crippen molar-refractivity contribution in [3.05, 3.63) is 12.7 Å². The Bertz CT molecular complexity index is 191. The van der Waals surface area contributed by atoms with E-state index in [1.165, 1.54) is 0 Å². The van der Waals surface area contributed by atoms with Crippen molar-refractivity contribution in [1.29, 1.82) is 0 Å².